The number of allylic oxidation sites excluding steroid dienone is 10. The minimum Gasteiger partial charge on any atom is -0.462 e. The van der Waals surface area contributed by atoms with E-state index in [1.807, 2.05) is 0 Å². The van der Waals surface area contributed by atoms with Crippen molar-refractivity contribution < 1.29 is 80.2 Å². The smallest absolute Gasteiger partial charge is 0.462 e. The minimum atomic E-state index is -4.97. The lowest BCUT2D eigenvalue weighted by Crippen LogP contribution is -2.30. The lowest BCUT2D eigenvalue weighted by atomic mass is 10.0. The van der Waals surface area contributed by atoms with Crippen LogP contribution in [0, 0.1) is 0 Å². The first-order valence-electron chi connectivity index (χ1n) is 38.6. The van der Waals surface area contributed by atoms with E-state index >= 15 is 0 Å². The molecule has 3 N–H and O–H groups in total. The molecule has 0 aromatic heterocycles. The molecule has 5 atom stereocenters. The van der Waals surface area contributed by atoms with E-state index in [0.29, 0.717) is 25.7 Å². The second-order valence-electron chi connectivity index (χ2n) is 26.0. The van der Waals surface area contributed by atoms with Crippen molar-refractivity contribution in [1.82, 2.24) is 0 Å². The molecule has 0 aliphatic rings. The highest BCUT2D eigenvalue weighted by Crippen LogP contribution is 2.45. The van der Waals surface area contributed by atoms with E-state index in [9.17, 15) is 43.2 Å². The van der Waals surface area contributed by atoms with E-state index in [2.05, 4.69) is 88.5 Å². The van der Waals surface area contributed by atoms with Crippen LogP contribution in [0.15, 0.2) is 60.8 Å². The molecule has 17 nitrogen and oxygen atoms in total. The number of phosphoric acid groups is 2. The number of rotatable bonds is 73. The van der Waals surface area contributed by atoms with Crippen LogP contribution in [0.2, 0.25) is 0 Å². The predicted molar refractivity (Wildman–Crippen MR) is 390 cm³/mol. The highest BCUT2D eigenvalue weighted by molar-refractivity contribution is 7.47. The molecule has 0 saturated heterocycles. The summed E-state index contributed by atoms with van der Waals surface area (Å²) in [6.45, 7) is 4.82. The van der Waals surface area contributed by atoms with Crippen LogP contribution < -0.4 is 0 Å². The topological polar surface area (TPSA) is 237 Å². The molecule has 0 amide bonds. The Hall–Kier alpha value is -3.24. The number of carbonyl (C=O) groups excluding carboxylic acids is 4. The molecule has 19 heteroatoms. The fourth-order valence-corrected chi connectivity index (χ4v) is 12.1. The van der Waals surface area contributed by atoms with Crippen LogP contribution >= 0.6 is 15.6 Å². The van der Waals surface area contributed by atoms with Gasteiger partial charge in [-0.3, -0.25) is 37.3 Å². The number of phosphoric ester groups is 2. The molecule has 0 rings (SSSR count). The van der Waals surface area contributed by atoms with Gasteiger partial charge in [0.2, 0.25) is 0 Å². The van der Waals surface area contributed by atoms with Crippen molar-refractivity contribution in [3.05, 3.63) is 60.8 Å². The molecule has 0 saturated carbocycles. The molecule has 0 fully saturated rings. The SMILES string of the molecule is CCCCCC/C=C\C=C/CCCCCCCC(=O)OC[C@H](COP(=O)(O)OC[C@H](O)COP(=O)(O)OC[C@@H](COC(=O)CCCCCCCCCCCCCCC)OC(=O)CCCCCCC/C=C\C=C/CCCCCC)OC(=O)CCCCCCC/C=C\CCCCCC. The Morgan fingerprint density at radius 2 is 0.510 bits per heavy atom. The minimum absolute atomic E-state index is 0.0821. The zero-order valence-corrected chi connectivity index (χ0v) is 62.8. The van der Waals surface area contributed by atoms with E-state index < -0.39 is 97.5 Å². The Balaban J connectivity index is 5.34. The first-order valence-corrected chi connectivity index (χ1v) is 41.6. The molecule has 0 aliphatic carbocycles. The molecule has 0 aromatic carbocycles. The lowest BCUT2D eigenvalue weighted by molar-refractivity contribution is -0.161. The van der Waals surface area contributed by atoms with Gasteiger partial charge in [-0.25, -0.2) is 9.13 Å². The van der Waals surface area contributed by atoms with Crippen LogP contribution in [0.1, 0.15) is 349 Å². The van der Waals surface area contributed by atoms with Crippen LogP contribution in [0.25, 0.3) is 0 Å². The van der Waals surface area contributed by atoms with Crippen molar-refractivity contribution in [2.45, 2.75) is 367 Å². The summed E-state index contributed by atoms with van der Waals surface area (Å²) in [5.41, 5.74) is 0. The third-order valence-corrected chi connectivity index (χ3v) is 18.4. The summed E-state index contributed by atoms with van der Waals surface area (Å²) in [7, 11) is -9.94. The van der Waals surface area contributed by atoms with Gasteiger partial charge < -0.3 is 33.8 Å². The van der Waals surface area contributed by atoms with Gasteiger partial charge in [-0.1, -0.05) is 281 Å². The van der Waals surface area contributed by atoms with Crippen molar-refractivity contribution in [3.8, 4) is 0 Å². The van der Waals surface area contributed by atoms with Crippen molar-refractivity contribution in [3.63, 3.8) is 0 Å². The van der Waals surface area contributed by atoms with E-state index in [1.165, 1.54) is 135 Å². The standard InChI is InChI=1S/C77H140O17P2/c1-5-9-13-17-21-25-29-33-35-39-42-46-50-54-58-62-75(80)88-68-72(93-76(81)63-59-55-51-47-43-38-32-28-24-20-16-12-8-4)69-91-95(83,84)89-65-71(78)66-90-96(85,86)92-70-73(67-87-74(79)61-57-53-49-45-41-37-31-27-23-19-15-11-7-3)94-77(82)64-60-56-52-48-44-40-36-34-30-26-22-18-14-10-6-2/h25-26,28-30,32-36,71-73,78H,5-24,27,31,37-70H2,1-4H3,(H,83,84)(H,85,86)/b29-25-,30-26-,32-28-,35-33-,36-34-/t71-,72+,73+/m0/s1. The molecule has 0 bridgehead atoms. The van der Waals surface area contributed by atoms with Crippen LogP contribution in [-0.4, -0.2) is 96.7 Å². The lowest BCUT2D eigenvalue weighted by Gasteiger charge is -2.21. The van der Waals surface area contributed by atoms with Gasteiger partial charge in [0, 0.05) is 25.7 Å². The molecule has 0 heterocycles. The molecule has 560 valence electrons. The van der Waals surface area contributed by atoms with Crippen LogP contribution in [0.3, 0.4) is 0 Å². The summed E-state index contributed by atoms with van der Waals surface area (Å²) in [5, 5.41) is 10.6. The van der Waals surface area contributed by atoms with Crippen LogP contribution in [0.5, 0.6) is 0 Å². The Morgan fingerprint density at radius 3 is 0.792 bits per heavy atom. The number of hydrogen-bond acceptors (Lipinski definition) is 15. The van der Waals surface area contributed by atoms with Gasteiger partial charge in [0.05, 0.1) is 26.4 Å². The summed E-state index contributed by atoms with van der Waals surface area (Å²) in [5.74, 6) is -2.19. The summed E-state index contributed by atoms with van der Waals surface area (Å²) >= 11 is 0. The number of carbonyl (C=O) groups is 4. The highest BCUT2D eigenvalue weighted by atomic mass is 31.2. The molecule has 2 unspecified atom stereocenters. The molecule has 96 heavy (non-hydrogen) atoms. The van der Waals surface area contributed by atoms with Crippen molar-refractivity contribution in [2.75, 3.05) is 39.6 Å². The van der Waals surface area contributed by atoms with Gasteiger partial charge in [0.15, 0.2) is 12.2 Å². The van der Waals surface area contributed by atoms with Crippen LogP contribution in [0.4, 0.5) is 0 Å². The number of hydrogen-bond donors (Lipinski definition) is 3. The first-order chi connectivity index (χ1) is 46.7. The molecule has 0 radical (unpaired) electrons. The number of aliphatic hydroxyl groups excluding tert-OH is 1. The molecular formula is C77H140O17P2. The maximum atomic E-state index is 13.1. The number of ether oxygens (including phenoxy) is 4. The Bertz CT molecular complexity index is 2060. The Kier molecular flexibility index (Phi) is 67.8. The normalized spacial score (nSPS) is 14.3. The molecular weight excluding hydrogens is 1260 g/mol. The number of aliphatic hydroxyl groups is 1. The van der Waals surface area contributed by atoms with E-state index in [1.54, 1.807) is 0 Å². The monoisotopic (exact) mass is 1400 g/mol. The van der Waals surface area contributed by atoms with Gasteiger partial charge in [0.25, 0.3) is 0 Å². The summed E-state index contributed by atoms with van der Waals surface area (Å²) < 4.78 is 68.4. The highest BCUT2D eigenvalue weighted by Gasteiger charge is 2.30. The average molecular weight is 1400 g/mol. The van der Waals surface area contributed by atoms with Gasteiger partial charge in [-0.05, 0) is 103 Å². The fourth-order valence-electron chi connectivity index (χ4n) is 10.6. The maximum Gasteiger partial charge on any atom is 0.472 e. The van der Waals surface area contributed by atoms with E-state index in [0.717, 1.165) is 135 Å². The van der Waals surface area contributed by atoms with Crippen molar-refractivity contribution >= 4 is 39.5 Å². The zero-order valence-electron chi connectivity index (χ0n) is 61.1. The predicted octanol–water partition coefficient (Wildman–Crippen LogP) is 21.9. The van der Waals surface area contributed by atoms with E-state index in [4.69, 9.17) is 37.0 Å². The van der Waals surface area contributed by atoms with Crippen molar-refractivity contribution in [2.24, 2.45) is 0 Å². The molecule has 0 spiro atoms. The third-order valence-electron chi connectivity index (χ3n) is 16.5. The first kappa shape index (κ1) is 92.8. The van der Waals surface area contributed by atoms with Gasteiger partial charge in [-0.15, -0.1) is 0 Å². The fraction of sp³-hybridized carbons (Fsp3) is 0.818. The third kappa shape index (κ3) is 69.2. The van der Waals surface area contributed by atoms with Crippen LogP contribution in [-0.2, 0) is 65.4 Å². The number of unbranched alkanes of at least 4 members (excludes halogenated alkanes) is 39. The summed E-state index contributed by atoms with van der Waals surface area (Å²) in [6, 6.07) is 0. The molecule has 0 aromatic rings. The van der Waals surface area contributed by atoms with Gasteiger partial charge in [0.1, 0.15) is 19.3 Å². The van der Waals surface area contributed by atoms with Crippen molar-refractivity contribution in [1.29, 1.82) is 0 Å². The largest absolute Gasteiger partial charge is 0.472 e. The number of esters is 4. The summed E-state index contributed by atoms with van der Waals surface area (Å²) in [4.78, 5) is 72.8. The molecule has 0 aliphatic heterocycles. The Labute approximate surface area is 584 Å². The Morgan fingerprint density at radius 1 is 0.292 bits per heavy atom. The van der Waals surface area contributed by atoms with E-state index in [-0.39, 0.29) is 25.7 Å². The maximum absolute atomic E-state index is 13.1. The second kappa shape index (κ2) is 70.2. The second-order valence-corrected chi connectivity index (χ2v) is 28.9. The summed E-state index contributed by atoms with van der Waals surface area (Å²) in [6.07, 6.45) is 67.7. The van der Waals surface area contributed by atoms with Gasteiger partial charge >= 0.3 is 39.5 Å². The average Bonchev–Trinajstić information content (AvgIpc) is 1.17. The zero-order chi connectivity index (χ0) is 70.4. The quantitative estimate of drug-likeness (QED) is 0.0128. The van der Waals surface area contributed by atoms with Gasteiger partial charge in [-0.2, -0.15) is 0 Å².